The van der Waals surface area contributed by atoms with Gasteiger partial charge in [0, 0.05) is 30.2 Å². The maximum atomic E-state index is 4.43. The Morgan fingerprint density at radius 2 is 2.17 bits per heavy atom. The lowest BCUT2D eigenvalue weighted by atomic mass is 10.1. The molecule has 18 heavy (non-hydrogen) atoms. The van der Waals surface area contributed by atoms with E-state index in [0.29, 0.717) is 0 Å². The molecule has 0 amide bonds. The zero-order valence-corrected chi connectivity index (χ0v) is 11.3. The molecular weight excluding hydrogens is 244 g/mol. The summed E-state index contributed by atoms with van der Waals surface area (Å²) in [6, 6.07) is 4.34. The minimum Gasteiger partial charge on any atom is -0.310 e. The molecule has 0 radical (unpaired) electrons. The summed E-state index contributed by atoms with van der Waals surface area (Å²) < 4.78 is 0. The standard InChI is InChI=1S/C13H16N4S/c1-3-15-10(2)11-5-4-6-17-13(11)18-12-9-14-7-8-16-12/h4-10,15H,3H2,1-2H3. The molecular formula is C13H16N4S. The van der Waals surface area contributed by atoms with Crippen molar-refractivity contribution < 1.29 is 0 Å². The van der Waals surface area contributed by atoms with Crippen LogP contribution in [0.25, 0.3) is 0 Å². The van der Waals surface area contributed by atoms with Gasteiger partial charge in [-0.1, -0.05) is 13.0 Å². The van der Waals surface area contributed by atoms with Crippen LogP contribution < -0.4 is 5.32 Å². The molecule has 0 aromatic carbocycles. The third-order valence-electron chi connectivity index (χ3n) is 2.52. The lowest BCUT2D eigenvalue weighted by Gasteiger charge is -2.15. The van der Waals surface area contributed by atoms with Gasteiger partial charge in [-0.2, -0.15) is 0 Å². The highest BCUT2D eigenvalue weighted by Crippen LogP contribution is 2.29. The summed E-state index contributed by atoms with van der Waals surface area (Å²) in [7, 11) is 0. The summed E-state index contributed by atoms with van der Waals surface area (Å²) in [6.45, 7) is 5.18. The molecule has 0 spiro atoms. The van der Waals surface area contributed by atoms with Crippen molar-refractivity contribution in [3.05, 3.63) is 42.5 Å². The Morgan fingerprint density at radius 3 is 2.89 bits per heavy atom. The van der Waals surface area contributed by atoms with Gasteiger partial charge < -0.3 is 5.32 Å². The van der Waals surface area contributed by atoms with Gasteiger partial charge in [-0.3, -0.25) is 4.98 Å². The number of rotatable bonds is 5. The monoisotopic (exact) mass is 260 g/mol. The molecule has 5 heteroatoms. The molecule has 0 fully saturated rings. The fourth-order valence-electron chi connectivity index (χ4n) is 1.67. The van der Waals surface area contributed by atoms with E-state index in [1.165, 1.54) is 5.56 Å². The van der Waals surface area contributed by atoms with E-state index in [1.807, 2.05) is 6.07 Å². The number of hydrogen-bond acceptors (Lipinski definition) is 5. The van der Waals surface area contributed by atoms with E-state index in [4.69, 9.17) is 0 Å². The van der Waals surface area contributed by atoms with Crippen LogP contribution in [-0.4, -0.2) is 21.5 Å². The van der Waals surface area contributed by atoms with Gasteiger partial charge in [0.25, 0.3) is 0 Å². The first kappa shape index (κ1) is 13.0. The first-order valence-electron chi connectivity index (χ1n) is 5.93. The predicted molar refractivity (Wildman–Crippen MR) is 72.5 cm³/mol. The van der Waals surface area contributed by atoms with Gasteiger partial charge in [0.05, 0.1) is 6.20 Å². The Labute approximate surface area is 111 Å². The molecule has 0 saturated carbocycles. The molecule has 0 aliphatic rings. The van der Waals surface area contributed by atoms with Crippen LogP contribution in [-0.2, 0) is 0 Å². The molecule has 0 bridgehead atoms. The predicted octanol–water partition coefficient (Wildman–Crippen LogP) is 2.69. The SMILES string of the molecule is CCNC(C)c1cccnc1Sc1cnccn1. The highest BCUT2D eigenvalue weighted by Gasteiger charge is 2.11. The second-order valence-electron chi connectivity index (χ2n) is 3.82. The van der Waals surface area contributed by atoms with Crippen molar-refractivity contribution in [1.29, 1.82) is 0 Å². The van der Waals surface area contributed by atoms with Gasteiger partial charge in [-0.05, 0) is 31.3 Å². The molecule has 2 aromatic rings. The molecule has 1 unspecified atom stereocenters. The van der Waals surface area contributed by atoms with Crippen LogP contribution in [0.4, 0.5) is 0 Å². The molecule has 4 nitrogen and oxygen atoms in total. The Morgan fingerprint density at radius 1 is 1.28 bits per heavy atom. The van der Waals surface area contributed by atoms with Gasteiger partial charge in [0.2, 0.25) is 0 Å². The number of hydrogen-bond donors (Lipinski definition) is 1. The average molecular weight is 260 g/mol. The normalized spacial score (nSPS) is 12.3. The minimum atomic E-state index is 0.280. The molecule has 1 atom stereocenters. The second-order valence-corrected chi connectivity index (χ2v) is 4.83. The summed E-state index contributed by atoms with van der Waals surface area (Å²) in [5.74, 6) is 0. The van der Waals surface area contributed by atoms with Crippen LogP contribution in [0.5, 0.6) is 0 Å². The second kappa shape index (κ2) is 6.47. The number of nitrogens with one attached hydrogen (secondary N) is 1. The summed E-state index contributed by atoms with van der Waals surface area (Å²) in [6.07, 6.45) is 6.92. The van der Waals surface area contributed by atoms with Crippen LogP contribution in [0.2, 0.25) is 0 Å². The topological polar surface area (TPSA) is 50.7 Å². The number of pyridine rings is 1. The molecule has 1 N–H and O–H groups in total. The molecule has 2 rings (SSSR count). The third kappa shape index (κ3) is 3.27. The van der Waals surface area contributed by atoms with Crippen molar-refractivity contribution in [2.75, 3.05) is 6.54 Å². The van der Waals surface area contributed by atoms with Crippen LogP contribution in [0.1, 0.15) is 25.5 Å². The fourth-order valence-corrected chi connectivity index (χ4v) is 2.57. The quantitative estimate of drug-likeness (QED) is 0.895. The summed E-state index contributed by atoms with van der Waals surface area (Å²) >= 11 is 1.54. The zero-order chi connectivity index (χ0) is 12.8. The van der Waals surface area contributed by atoms with E-state index < -0.39 is 0 Å². The van der Waals surface area contributed by atoms with Crippen LogP contribution in [0, 0.1) is 0 Å². The highest BCUT2D eigenvalue weighted by atomic mass is 32.2. The number of nitrogens with zero attached hydrogens (tertiary/aromatic N) is 3. The maximum Gasteiger partial charge on any atom is 0.121 e. The van der Waals surface area contributed by atoms with Crippen molar-refractivity contribution in [2.24, 2.45) is 0 Å². The molecule has 0 aliphatic heterocycles. The van der Waals surface area contributed by atoms with E-state index in [9.17, 15) is 0 Å². The molecule has 94 valence electrons. The first-order valence-corrected chi connectivity index (χ1v) is 6.75. The molecule has 0 aliphatic carbocycles. The lowest BCUT2D eigenvalue weighted by molar-refractivity contribution is 0.585. The van der Waals surface area contributed by atoms with Gasteiger partial charge in [-0.15, -0.1) is 0 Å². The summed E-state index contributed by atoms with van der Waals surface area (Å²) in [5, 5.41) is 5.24. The van der Waals surface area contributed by atoms with Crippen molar-refractivity contribution in [3.8, 4) is 0 Å². The van der Waals surface area contributed by atoms with Crippen LogP contribution in [0.15, 0.2) is 47.0 Å². The largest absolute Gasteiger partial charge is 0.310 e. The van der Waals surface area contributed by atoms with E-state index in [1.54, 1.807) is 36.5 Å². The Hall–Kier alpha value is -1.46. The summed E-state index contributed by atoms with van der Waals surface area (Å²) in [5.41, 5.74) is 1.19. The van der Waals surface area contributed by atoms with E-state index >= 15 is 0 Å². The van der Waals surface area contributed by atoms with Crippen molar-refractivity contribution in [2.45, 2.75) is 29.9 Å². The Kier molecular flexibility index (Phi) is 4.66. The molecule has 2 aromatic heterocycles. The fraction of sp³-hybridized carbons (Fsp3) is 0.308. The Bertz CT molecular complexity index is 489. The van der Waals surface area contributed by atoms with Crippen molar-refractivity contribution in [1.82, 2.24) is 20.3 Å². The maximum absolute atomic E-state index is 4.43. The van der Waals surface area contributed by atoms with Gasteiger partial charge in [0.15, 0.2) is 0 Å². The zero-order valence-electron chi connectivity index (χ0n) is 10.5. The minimum absolute atomic E-state index is 0.280. The molecule has 2 heterocycles. The Balaban J connectivity index is 2.22. The summed E-state index contributed by atoms with van der Waals surface area (Å²) in [4.78, 5) is 12.8. The number of aromatic nitrogens is 3. The van der Waals surface area contributed by atoms with E-state index in [-0.39, 0.29) is 6.04 Å². The van der Waals surface area contributed by atoms with Gasteiger partial charge >= 0.3 is 0 Å². The van der Waals surface area contributed by atoms with Crippen LogP contribution >= 0.6 is 11.8 Å². The third-order valence-corrected chi connectivity index (χ3v) is 3.47. The highest BCUT2D eigenvalue weighted by molar-refractivity contribution is 7.99. The van der Waals surface area contributed by atoms with Gasteiger partial charge in [0.1, 0.15) is 10.1 Å². The van der Waals surface area contributed by atoms with Crippen LogP contribution in [0.3, 0.4) is 0 Å². The van der Waals surface area contributed by atoms with E-state index in [2.05, 4.69) is 40.2 Å². The molecule has 0 saturated heterocycles. The first-order chi connectivity index (χ1) is 8.81. The average Bonchev–Trinajstić information content (AvgIpc) is 2.41. The van der Waals surface area contributed by atoms with E-state index in [0.717, 1.165) is 16.6 Å². The smallest absolute Gasteiger partial charge is 0.121 e. The van der Waals surface area contributed by atoms with Gasteiger partial charge in [-0.25, -0.2) is 9.97 Å². The van der Waals surface area contributed by atoms with Crippen molar-refractivity contribution >= 4 is 11.8 Å². The lowest BCUT2D eigenvalue weighted by Crippen LogP contribution is -2.18. The van der Waals surface area contributed by atoms with Crippen molar-refractivity contribution in [3.63, 3.8) is 0 Å².